The SMILES string of the molecule is COc1cncc(OC)c1-c1ccc(-c2cnn(C(=O)N3CCCCC3Cc3ccccc3)n2)cc1. The van der Waals surface area contributed by atoms with E-state index in [1.165, 1.54) is 10.4 Å². The van der Waals surface area contributed by atoms with Crippen molar-refractivity contribution in [3.05, 3.63) is 78.8 Å². The summed E-state index contributed by atoms with van der Waals surface area (Å²) in [5, 5.41) is 8.83. The minimum Gasteiger partial charge on any atom is -0.494 e. The second-order valence-corrected chi connectivity index (χ2v) is 8.83. The Morgan fingerprint density at radius 2 is 1.61 bits per heavy atom. The highest BCUT2D eigenvalue weighted by molar-refractivity contribution is 5.78. The third-order valence-corrected chi connectivity index (χ3v) is 6.64. The molecule has 8 nitrogen and oxygen atoms in total. The summed E-state index contributed by atoms with van der Waals surface area (Å²) < 4.78 is 11.0. The Morgan fingerprint density at radius 1 is 0.917 bits per heavy atom. The predicted molar refractivity (Wildman–Crippen MR) is 137 cm³/mol. The molecule has 0 N–H and O–H groups in total. The van der Waals surface area contributed by atoms with Gasteiger partial charge in [-0.15, -0.1) is 5.10 Å². The maximum Gasteiger partial charge on any atom is 0.362 e. The van der Waals surface area contributed by atoms with E-state index in [9.17, 15) is 4.79 Å². The van der Waals surface area contributed by atoms with Gasteiger partial charge in [0.1, 0.15) is 17.2 Å². The molecule has 1 atom stereocenters. The van der Waals surface area contributed by atoms with E-state index in [0.29, 0.717) is 17.2 Å². The van der Waals surface area contributed by atoms with Crippen LogP contribution in [0.1, 0.15) is 24.8 Å². The number of ether oxygens (including phenoxy) is 2. The van der Waals surface area contributed by atoms with Crippen LogP contribution in [0.4, 0.5) is 4.79 Å². The Hall–Kier alpha value is -4.20. The van der Waals surface area contributed by atoms with Crippen molar-refractivity contribution in [1.29, 1.82) is 0 Å². The molecule has 184 valence electrons. The third-order valence-electron chi connectivity index (χ3n) is 6.64. The number of nitrogens with zero attached hydrogens (tertiary/aromatic N) is 5. The highest BCUT2D eigenvalue weighted by atomic mass is 16.5. The molecule has 4 aromatic rings. The van der Waals surface area contributed by atoms with Crippen LogP contribution in [-0.4, -0.2) is 57.7 Å². The number of aromatic nitrogens is 4. The van der Waals surface area contributed by atoms with Crippen molar-refractivity contribution in [3.8, 4) is 33.9 Å². The summed E-state index contributed by atoms with van der Waals surface area (Å²) in [7, 11) is 3.22. The first-order valence-corrected chi connectivity index (χ1v) is 12.1. The average molecular weight is 484 g/mol. The molecule has 1 fully saturated rings. The number of hydrogen-bond acceptors (Lipinski definition) is 6. The van der Waals surface area contributed by atoms with Crippen LogP contribution in [0.5, 0.6) is 11.5 Å². The molecule has 0 bridgehead atoms. The van der Waals surface area contributed by atoms with Gasteiger partial charge < -0.3 is 14.4 Å². The standard InChI is InChI=1S/C28H29N5O3/c1-35-25-18-29-19-26(36-2)27(25)22-13-11-21(12-14-22)24-17-30-33(31-24)28(34)32-15-7-6-10-23(32)16-20-8-4-3-5-9-20/h3-5,8-9,11-14,17-19,23H,6-7,10,15-16H2,1-2H3. The second kappa shape index (κ2) is 10.6. The van der Waals surface area contributed by atoms with Crippen LogP contribution in [-0.2, 0) is 6.42 Å². The van der Waals surface area contributed by atoms with E-state index >= 15 is 0 Å². The Bertz CT molecular complexity index is 1300. The maximum atomic E-state index is 13.4. The molecule has 1 saturated heterocycles. The normalized spacial score (nSPS) is 15.5. The van der Waals surface area contributed by atoms with Gasteiger partial charge in [0.2, 0.25) is 0 Å². The molecule has 0 spiro atoms. The predicted octanol–water partition coefficient (Wildman–Crippen LogP) is 5.09. The minimum absolute atomic E-state index is 0.146. The van der Waals surface area contributed by atoms with E-state index in [2.05, 4.69) is 27.3 Å². The molecule has 3 heterocycles. The van der Waals surface area contributed by atoms with Gasteiger partial charge in [0.15, 0.2) is 0 Å². The largest absolute Gasteiger partial charge is 0.494 e. The van der Waals surface area contributed by atoms with Crippen molar-refractivity contribution in [3.63, 3.8) is 0 Å². The topological polar surface area (TPSA) is 82.4 Å². The number of methoxy groups -OCH3 is 2. The number of rotatable bonds is 6. The van der Waals surface area contributed by atoms with E-state index in [-0.39, 0.29) is 12.1 Å². The van der Waals surface area contributed by atoms with Crippen LogP contribution in [0.3, 0.4) is 0 Å². The zero-order valence-corrected chi connectivity index (χ0v) is 20.5. The van der Waals surface area contributed by atoms with Gasteiger partial charge in [-0.3, -0.25) is 4.98 Å². The van der Waals surface area contributed by atoms with E-state index in [1.807, 2.05) is 47.4 Å². The first-order chi connectivity index (χ1) is 17.7. The number of amides is 1. The maximum absolute atomic E-state index is 13.4. The fourth-order valence-electron chi connectivity index (χ4n) is 4.78. The molecule has 8 heteroatoms. The van der Waals surface area contributed by atoms with Gasteiger partial charge in [-0.25, -0.2) is 4.79 Å². The molecular weight excluding hydrogens is 454 g/mol. The lowest BCUT2D eigenvalue weighted by molar-refractivity contribution is 0.146. The molecule has 1 unspecified atom stereocenters. The van der Waals surface area contributed by atoms with E-state index in [1.54, 1.807) is 32.8 Å². The summed E-state index contributed by atoms with van der Waals surface area (Å²) in [4.78, 5) is 20.7. The Kier molecular flexibility index (Phi) is 6.93. The van der Waals surface area contributed by atoms with Crippen LogP contribution in [0.2, 0.25) is 0 Å². The summed E-state index contributed by atoms with van der Waals surface area (Å²) in [6, 6.07) is 18.1. The fraction of sp³-hybridized carbons (Fsp3) is 0.286. The zero-order valence-electron chi connectivity index (χ0n) is 20.5. The molecule has 2 aromatic heterocycles. The van der Waals surface area contributed by atoms with Crippen molar-refractivity contribution in [1.82, 2.24) is 24.9 Å². The number of likely N-dealkylation sites (tertiary alicyclic amines) is 1. The van der Waals surface area contributed by atoms with Gasteiger partial charge in [0.05, 0.1) is 38.4 Å². The first kappa shape index (κ1) is 23.5. The van der Waals surface area contributed by atoms with E-state index < -0.39 is 0 Å². The average Bonchev–Trinajstić information content (AvgIpc) is 3.43. The fourth-order valence-corrected chi connectivity index (χ4v) is 4.78. The van der Waals surface area contributed by atoms with Gasteiger partial charge in [0.25, 0.3) is 0 Å². The van der Waals surface area contributed by atoms with Crippen LogP contribution in [0.25, 0.3) is 22.4 Å². The van der Waals surface area contributed by atoms with Crippen molar-refractivity contribution in [2.75, 3.05) is 20.8 Å². The van der Waals surface area contributed by atoms with E-state index in [0.717, 1.165) is 48.9 Å². The van der Waals surface area contributed by atoms with Gasteiger partial charge in [0, 0.05) is 18.2 Å². The molecule has 5 rings (SSSR count). The molecule has 2 aromatic carbocycles. The Labute approximate surface area is 210 Å². The van der Waals surface area contributed by atoms with Gasteiger partial charge >= 0.3 is 6.03 Å². The van der Waals surface area contributed by atoms with Crippen molar-refractivity contribution < 1.29 is 14.3 Å². The lowest BCUT2D eigenvalue weighted by Gasteiger charge is -2.35. The number of benzene rings is 2. The van der Waals surface area contributed by atoms with E-state index in [4.69, 9.17) is 9.47 Å². The third kappa shape index (κ3) is 4.79. The van der Waals surface area contributed by atoms with Crippen LogP contribution in [0.15, 0.2) is 73.2 Å². The monoisotopic (exact) mass is 483 g/mol. The van der Waals surface area contributed by atoms with Gasteiger partial charge in [-0.1, -0.05) is 59.4 Å². The van der Waals surface area contributed by atoms with Crippen molar-refractivity contribution in [2.45, 2.75) is 31.7 Å². The number of hydrogen-bond donors (Lipinski definition) is 0. The number of carbonyl (C=O) groups excluding carboxylic acids is 1. The zero-order chi connectivity index (χ0) is 24.9. The molecule has 36 heavy (non-hydrogen) atoms. The molecular formula is C28H29N5O3. The minimum atomic E-state index is -0.176. The summed E-state index contributed by atoms with van der Waals surface area (Å²) in [6.07, 6.45) is 8.90. The summed E-state index contributed by atoms with van der Waals surface area (Å²) in [5.74, 6) is 1.26. The van der Waals surface area contributed by atoms with Crippen LogP contribution in [0, 0.1) is 0 Å². The molecule has 0 saturated carbocycles. The summed E-state index contributed by atoms with van der Waals surface area (Å²) in [5.41, 5.74) is 4.49. The van der Waals surface area contributed by atoms with Crippen molar-refractivity contribution >= 4 is 6.03 Å². The first-order valence-electron chi connectivity index (χ1n) is 12.1. The number of carbonyl (C=O) groups is 1. The molecule has 1 aliphatic heterocycles. The number of piperidine rings is 1. The quantitative estimate of drug-likeness (QED) is 0.380. The summed E-state index contributed by atoms with van der Waals surface area (Å²) in [6.45, 7) is 0.720. The van der Waals surface area contributed by atoms with Crippen LogP contribution < -0.4 is 9.47 Å². The Morgan fingerprint density at radius 3 is 2.31 bits per heavy atom. The van der Waals surface area contributed by atoms with Crippen molar-refractivity contribution in [2.24, 2.45) is 0 Å². The van der Waals surface area contributed by atoms with Gasteiger partial charge in [-0.05, 0) is 36.8 Å². The van der Waals surface area contributed by atoms with Crippen LogP contribution >= 0.6 is 0 Å². The lowest BCUT2D eigenvalue weighted by atomic mass is 9.96. The lowest BCUT2D eigenvalue weighted by Crippen LogP contribution is -2.47. The molecule has 1 aliphatic rings. The molecule has 1 amide bonds. The highest BCUT2D eigenvalue weighted by Gasteiger charge is 2.29. The second-order valence-electron chi connectivity index (χ2n) is 8.83. The summed E-state index contributed by atoms with van der Waals surface area (Å²) >= 11 is 0. The smallest absolute Gasteiger partial charge is 0.362 e. The highest BCUT2D eigenvalue weighted by Crippen LogP contribution is 2.37. The molecule has 0 aliphatic carbocycles. The van der Waals surface area contributed by atoms with Gasteiger partial charge in [-0.2, -0.15) is 5.10 Å². The Balaban J connectivity index is 1.35. The number of pyridine rings is 1. The molecule has 0 radical (unpaired) electrons.